The van der Waals surface area contributed by atoms with Crippen LogP contribution in [0, 0.1) is 8.80 Å². The molecule has 0 saturated heterocycles. The third kappa shape index (κ3) is 4.89. The molecule has 5 heteroatoms. The van der Waals surface area contributed by atoms with Crippen LogP contribution in [0.15, 0.2) is 22.1 Å². The molecule has 0 amide bonds. The van der Waals surface area contributed by atoms with Crippen LogP contribution in [0.25, 0.3) is 11.3 Å². The maximum Gasteiger partial charge on any atom is 0.194 e. The lowest BCUT2D eigenvalue weighted by Crippen LogP contribution is -2.21. The second-order valence-electron chi connectivity index (χ2n) is 4.96. The van der Waals surface area contributed by atoms with Gasteiger partial charge in [0.05, 0.1) is 9.08 Å². The van der Waals surface area contributed by atoms with Crippen LogP contribution < -0.4 is 5.32 Å². The standard InChI is InChI=1S/C14H19IN2OS/c1-10(2)7-16-5-3-4-14-17-8-12(18-14)11-6-13(15)19-9-11/h6,8-10,16H,3-5,7H2,1-2H3. The topological polar surface area (TPSA) is 38.1 Å². The molecule has 0 aliphatic rings. The van der Waals surface area contributed by atoms with E-state index in [-0.39, 0.29) is 0 Å². The van der Waals surface area contributed by atoms with Crippen molar-refractivity contribution in [3.05, 3.63) is 26.4 Å². The van der Waals surface area contributed by atoms with E-state index in [2.05, 4.69) is 58.2 Å². The van der Waals surface area contributed by atoms with Crippen molar-refractivity contribution >= 4 is 33.9 Å². The van der Waals surface area contributed by atoms with Crippen molar-refractivity contribution in [3.63, 3.8) is 0 Å². The summed E-state index contributed by atoms with van der Waals surface area (Å²) in [4.78, 5) is 4.34. The molecule has 2 aromatic heterocycles. The number of oxazole rings is 1. The van der Waals surface area contributed by atoms with Gasteiger partial charge in [0.25, 0.3) is 0 Å². The van der Waals surface area contributed by atoms with E-state index in [1.54, 1.807) is 11.3 Å². The molecule has 0 aromatic carbocycles. The average molecular weight is 390 g/mol. The summed E-state index contributed by atoms with van der Waals surface area (Å²) in [6.45, 7) is 6.53. The predicted molar refractivity (Wildman–Crippen MR) is 88.6 cm³/mol. The summed E-state index contributed by atoms with van der Waals surface area (Å²) in [6.07, 6.45) is 3.79. The van der Waals surface area contributed by atoms with Gasteiger partial charge in [-0.3, -0.25) is 0 Å². The van der Waals surface area contributed by atoms with Crippen molar-refractivity contribution in [1.82, 2.24) is 10.3 Å². The molecule has 0 atom stereocenters. The number of thiophene rings is 1. The molecule has 2 rings (SSSR count). The number of aryl methyl sites for hydroxylation is 1. The third-order valence-electron chi connectivity index (χ3n) is 2.70. The predicted octanol–water partition coefficient (Wildman–Crippen LogP) is 4.19. The highest BCUT2D eigenvalue weighted by atomic mass is 127. The van der Waals surface area contributed by atoms with Crippen molar-refractivity contribution < 1.29 is 4.42 Å². The zero-order chi connectivity index (χ0) is 13.7. The van der Waals surface area contributed by atoms with E-state index >= 15 is 0 Å². The average Bonchev–Trinajstić information content (AvgIpc) is 2.97. The number of nitrogens with zero attached hydrogens (tertiary/aromatic N) is 1. The molecule has 1 N–H and O–H groups in total. The summed E-state index contributed by atoms with van der Waals surface area (Å²) >= 11 is 4.04. The molecule has 0 spiro atoms. The minimum Gasteiger partial charge on any atom is -0.441 e. The van der Waals surface area contributed by atoms with Crippen LogP contribution in [0.3, 0.4) is 0 Å². The quantitative estimate of drug-likeness (QED) is 0.569. The molecule has 0 unspecified atom stereocenters. The molecule has 0 aliphatic heterocycles. The molecule has 104 valence electrons. The smallest absolute Gasteiger partial charge is 0.194 e. The molecule has 0 aliphatic carbocycles. The highest BCUT2D eigenvalue weighted by Gasteiger charge is 2.07. The summed E-state index contributed by atoms with van der Waals surface area (Å²) in [5.74, 6) is 2.42. The molecule has 0 fully saturated rings. The lowest BCUT2D eigenvalue weighted by atomic mass is 10.2. The molecule has 3 nitrogen and oxygen atoms in total. The van der Waals surface area contributed by atoms with Crippen molar-refractivity contribution in [2.24, 2.45) is 5.92 Å². The van der Waals surface area contributed by atoms with Crippen LogP contribution in [0.2, 0.25) is 0 Å². The summed E-state index contributed by atoms with van der Waals surface area (Å²) < 4.78 is 7.04. The normalized spacial score (nSPS) is 11.4. The van der Waals surface area contributed by atoms with Gasteiger partial charge in [0.2, 0.25) is 0 Å². The van der Waals surface area contributed by atoms with Gasteiger partial charge in [-0.1, -0.05) is 13.8 Å². The van der Waals surface area contributed by atoms with Crippen LogP contribution in [0.5, 0.6) is 0 Å². The first-order valence-electron chi connectivity index (χ1n) is 6.55. The van der Waals surface area contributed by atoms with Crippen molar-refractivity contribution in [2.45, 2.75) is 26.7 Å². The Bertz CT molecular complexity index is 507. The second kappa shape index (κ2) is 7.40. The highest BCUT2D eigenvalue weighted by molar-refractivity contribution is 14.1. The van der Waals surface area contributed by atoms with E-state index in [9.17, 15) is 0 Å². The summed E-state index contributed by atoms with van der Waals surface area (Å²) in [5, 5.41) is 5.54. The molecule has 2 aromatic rings. The number of nitrogens with one attached hydrogen (secondary N) is 1. The number of halogens is 1. The maximum absolute atomic E-state index is 5.78. The van der Waals surface area contributed by atoms with Crippen molar-refractivity contribution in [3.8, 4) is 11.3 Å². The van der Waals surface area contributed by atoms with Gasteiger partial charge in [0.15, 0.2) is 11.7 Å². The second-order valence-corrected chi connectivity index (χ2v) is 7.76. The van der Waals surface area contributed by atoms with Crippen LogP contribution in [-0.4, -0.2) is 18.1 Å². The first-order valence-corrected chi connectivity index (χ1v) is 8.51. The Labute approximate surface area is 132 Å². The monoisotopic (exact) mass is 390 g/mol. The van der Waals surface area contributed by atoms with Crippen LogP contribution in [0.4, 0.5) is 0 Å². The molecule has 19 heavy (non-hydrogen) atoms. The van der Waals surface area contributed by atoms with Crippen LogP contribution in [-0.2, 0) is 6.42 Å². The Morgan fingerprint density at radius 3 is 3.00 bits per heavy atom. The van der Waals surface area contributed by atoms with E-state index in [1.165, 1.54) is 2.88 Å². The number of hydrogen-bond donors (Lipinski definition) is 1. The lowest BCUT2D eigenvalue weighted by molar-refractivity contribution is 0.483. The minimum absolute atomic E-state index is 0.703. The Balaban J connectivity index is 1.78. The first-order chi connectivity index (χ1) is 9.15. The lowest BCUT2D eigenvalue weighted by Gasteiger charge is -2.05. The fraction of sp³-hybridized carbons (Fsp3) is 0.500. The third-order valence-corrected chi connectivity index (χ3v) is 4.49. The van der Waals surface area contributed by atoms with Gasteiger partial charge in [-0.25, -0.2) is 4.98 Å². The summed E-state index contributed by atoms with van der Waals surface area (Å²) in [5.41, 5.74) is 1.13. The van der Waals surface area contributed by atoms with Gasteiger partial charge < -0.3 is 9.73 Å². The molecular weight excluding hydrogens is 371 g/mol. The first kappa shape index (κ1) is 15.0. The highest BCUT2D eigenvalue weighted by Crippen LogP contribution is 2.27. The minimum atomic E-state index is 0.703. The Morgan fingerprint density at radius 2 is 2.32 bits per heavy atom. The summed E-state index contributed by atoms with van der Waals surface area (Å²) in [7, 11) is 0. The maximum atomic E-state index is 5.78. The molecule has 2 heterocycles. The van der Waals surface area contributed by atoms with Gasteiger partial charge in [-0.15, -0.1) is 11.3 Å². The number of rotatable bonds is 7. The van der Waals surface area contributed by atoms with Crippen molar-refractivity contribution in [2.75, 3.05) is 13.1 Å². The van der Waals surface area contributed by atoms with Gasteiger partial charge >= 0.3 is 0 Å². The molecule has 0 bridgehead atoms. The van der Waals surface area contributed by atoms with E-state index in [0.717, 1.165) is 43.1 Å². The van der Waals surface area contributed by atoms with Gasteiger partial charge in [-0.2, -0.15) is 0 Å². The van der Waals surface area contributed by atoms with Gasteiger partial charge in [-0.05, 0) is 54.1 Å². The Morgan fingerprint density at radius 1 is 1.47 bits per heavy atom. The number of hydrogen-bond acceptors (Lipinski definition) is 4. The van der Waals surface area contributed by atoms with E-state index in [0.29, 0.717) is 5.92 Å². The zero-order valence-electron chi connectivity index (χ0n) is 11.3. The summed E-state index contributed by atoms with van der Waals surface area (Å²) in [6, 6.07) is 2.12. The zero-order valence-corrected chi connectivity index (χ0v) is 14.3. The van der Waals surface area contributed by atoms with Crippen molar-refractivity contribution in [1.29, 1.82) is 0 Å². The SMILES string of the molecule is CC(C)CNCCCc1ncc(-c2csc(I)c2)o1. The number of aromatic nitrogens is 1. The van der Waals surface area contributed by atoms with E-state index in [1.807, 2.05) is 6.20 Å². The van der Waals surface area contributed by atoms with Crippen LogP contribution in [0.1, 0.15) is 26.2 Å². The molecule has 0 saturated carbocycles. The van der Waals surface area contributed by atoms with Gasteiger partial charge in [0.1, 0.15) is 0 Å². The van der Waals surface area contributed by atoms with E-state index in [4.69, 9.17) is 4.42 Å². The fourth-order valence-electron chi connectivity index (χ4n) is 1.75. The molecular formula is C14H19IN2OS. The van der Waals surface area contributed by atoms with Crippen LogP contribution >= 0.6 is 33.9 Å². The Kier molecular flexibility index (Phi) is 5.84. The Hall–Kier alpha value is -0.400. The van der Waals surface area contributed by atoms with Gasteiger partial charge in [0, 0.05) is 17.4 Å². The molecule has 0 radical (unpaired) electrons. The largest absolute Gasteiger partial charge is 0.441 e. The van der Waals surface area contributed by atoms with E-state index < -0.39 is 0 Å². The fourth-order valence-corrected chi connectivity index (χ4v) is 3.09.